The van der Waals surface area contributed by atoms with Crippen LogP contribution >= 0.6 is 39.1 Å². The number of hydrogen-bond donors (Lipinski definition) is 1. The molecule has 3 aromatic rings. The van der Waals surface area contributed by atoms with E-state index in [0.717, 1.165) is 28.7 Å². The highest BCUT2D eigenvalue weighted by atomic mass is 79.9. The molecule has 0 saturated carbocycles. The van der Waals surface area contributed by atoms with E-state index in [2.05, 4.69) is 27.4 Å². The van der Waals surface area contributed by atoms with Gasteiger partial charge in [-0.2, -0.15) is 5.10 Å². The zero-order chi connectivity index (χ0) is 23.1. The first-order chi connectivity index (χ1) is 15.9. The van der Waals surface area contributed by atoms with Gasteiger partial charge in [-0.25, -0.2) is 0 Å². The van der Waals surface area contributed by atoms with Gasteiger partial charge in [0.1, 0.15) is 5.71 Å². The third-order valence-electron chi connectivity index (χ3n) is 6.11. The molecule has 2 heterocycles. The Morgan fingerprint density at radius 2 is 1.82 bits per heavy atom. The number of rotatable bonds is 4. The van der Waals surface area contributed by atoms with Gasteiger partial charge < -0.3 is 0 Å². The summed E-state index contributed by atoms with van der Waals surface area (Å²) in [5, 5.41) is 9.54. The van der Waals surface area contributed by atoms with E-state index in [1.54, 1.807) is 12.1 Å². The standard InChI is InChI=1S/C25H21BrCl2N4O/c1-15-23(25(33)30-31-13-12-16-4-2-3-5-21(16)31)29-32(22-11-10-19(27)14-20(22)28)24(15)17-6-8-18(26)9-7-17/h2-11,14-15,24H,12-13H2,1H3,(H,30,33). The SMILES string of the molecule is CC1C(C(=O)NN2CCc3ccccc32)=NN(c2ccc(Cl)cc2Cl)C1c1ccc(Br)cc1. The highest BCUT2D eigenvalue weighted by molar-refractivity contribution is 9.10. The summed E-state index contributed by atoms with van der Waals surface area (Å²) < 4.78 is 0.986. The topological polar surface area (TPSA) is 47.9 Å². The van der Waals surface area contributed by atoms with Crippen molar-refractivity contribution >= 4 is 62.1 Å². The van der Waals surface area contributed by atoms with Gasteiger partial charge >= 0.3 is 0 Å². The fourth-order valence-electron chi connectivity index (χ4n) is 4.48. The third kappa shape index (κ3) is 4.23. The molecule has 0 aromatic heterocycles. The van der Waals surface area contributed by atoms with E-state index in [1.165, 1.54) is 5.56 Å². The van der Waals surface area contributed by atoms with Gasteiger partial charge in [-0.15, -0.1) is 0 Å². The fourth-order valence-corrected chi connectivity index (χ4v) is 5.24. The lowest BCUT2D eigenvalue weighted by Crippen LogP contribution is -2.45. The second-order valence-corrected chi connectivity index (χ2v) is 9.94. The Bertz CT molecular complexity index is 1250. The summed E-state index contributed by atoms with van der Waals surface area (Å²) in [6, 6.07) is 21.3. The molecule has 0 bridgehead atoms. The van der Waals surface area contributed by atoms with Crippen LogP contribution in [-0.4, -0.2) is 18.2 Å². The zero-order valence-electron chi connectivity index (χ0n) is 17.8. The lowest BCUT2D eigenvalue weighted by atomic mass is 9.91. The average molecular weight is 544 g/mol. The number of amides is 1. The van der Waals surface area contributed by atoms with Crippen molar-refractivity contribution in [3.63, 3.8) is 0 Å². The average Bonchev–Trinajstić information content (AvgIpc) is 3.36. The van der Waals surface area contributed by atoms with E-state index < -0.39 is 0 Å². The molecule has 2 atom stereocenters. The van der Waals surface area contributed by atoms with E-state index in [0.29, 0.717) is 21.4 Å². The van der Waals surface area contributed by atoms with Crippen LogP contribution in [0.3, 0.4) is 0 Å². The lowest BCUT2D eigenvalue weighted by Gasteiger charge is -2.27. The van der Waals surface area contributed by atoms with Crippen LogP contribution in [0.2, 0.25) is 10.0 Å². The Morgan fingerprint density at radius 1 is 1.06 bits per heavy atom. The minimum absolute atomic E-state index is 0.171. The van der Waals surface area contributed by atoms with E-state index in [4.69, 9.17) is 28.3 Å². The van der Waals surface area contributed by atoms with Gasteiger partial charge in [-0.05, 0) is 53.9 Å². The van der Waals surface area contributed by atoms with Crippen LogP contribution in [-0.2, 0) is 11.2 Å². The molecule has 0 radical (unpaired) electrons. The highest BCUT2D eigenvalue weighted by Crippen LogP contribution is 2.42. The Hall–Kier alpha value is -2.54. The van der Waals surface area contributed by atoms with Crippen molar-refractivity contribution in [1.29, 1.82) is 0 Å². The van der Waals surface area contributed by atoms with Crippen molar-refractivity contribution in [2.24, 2.45) is 11.0 Å². The van der Waals surface area contributed by atoms with E-state index in [-0.39, 0.29) is 17.9 Å². The minimum atomic E-state index is -0.214. The largest absolute Gasteiger partial charge is 0.286 e. The predicted octanol–water partition coefficient (Wildman–Crippen LogP) is 6.40. The predicted molar refractivity (Wildman–Crippen MR) is 138 cm³/mol. The van der Waals surface area contributed by atoms with E-state index in [1.807, 2.05) is 65.5 Å². The summed E-state index contributed by atoms with van der Waals surface area (Å²) in [5.41, 5.74) is 7.51. The van der Waals surface area contributed by atoms with Gasteiger partial charge in [0.25, 0.3) is 5.91 Å². The quantitative estimate of drug-likeness (QED) is 0.414. The van der Waals surface area contributed by atoms with E-state index in [9.17, 15) is 4.79 Å². The number of fused-ring (bicyclic) bond motifs is 1. The number of halogens is 3. The van der Waals surface area contributed by atoms with Gasteiger partial charge in [0.2, 0.25) is 0 Å². The van der Waals surface area contributed by atoms with Crippen molar-refractivity contribution < 1.29 is 4.79 Å². The number of benzene rings is 3. The van der Waals surface area contributed by atoms with Crippen LogP contribution in [0.4, 0.5) is 11.4 Å². The first kappa shape index (κ1) is 22.3. The van der Waals surface area contributed by atoms with E-state index >= 15 is 0 Å². The highest BCUT2D eigenvalue weighted by Gasteiger charge is 2.40. The van der Waals surface area contributed by atoms with Crippen LogP contribution < -0.4 is 15.4 Å². The molecule has 1 amide bonds. The van der Waals surface area contributed by atoms with Gasteiger partial charge in [0.15, 0.2) is 0 Å². The Balaban J connectivity index is 1.49. The molecular weight excluding hydrogens is 523 g/mol. The number of para-hydroxylation sites is 1. The number of nitrogens with one attached hydrogen (secondary N) is 1. The smallest absolute Gasteiger partial charge is 0.285 e. The van der Waals surface area contributed by atoms with Crippen molar-refractivity contribution in [2.75, 3.05) is 16.6 Å². The van der Waals surface area contributed by atoms with Crippen molar-refractivity contribution in [1.82, 2.24) is 5.43 Å². The molecule has 0 aliphatic carbocycles. The molecule has 1 N–H and O–H groups in total. The first-order valence-electron chi connectivity index (χ1n) is 10.7. The summed E-state index contributed by atoms with van der Waals surface area (Å²) in [4.78, 5) is 13.4. The van der Waals surface area contributed by atoms with Gasteiger partial charge in [0.05, 0.1) is 22.4 Å². The zero-order valence-corrected chi connectivity index (χ0v) is 20.9. The molecule has 5 nitrogen and oxygen atoms in total. The number of hydrazone groups is 1. The molecule has 2 unspecified atom stereocenters. The number of anilines is 2. The van der Waals surface area contributed by atoms with Gasteiger partial charge in [0, 0.05) is 22.0 Å². The van der Waals surface area contributed by atoms with Gasteiger partial charge in [-0.1, -0.05) is 76.4 Å². The Kier molecular flexibility index (Phi) is 6.08. The van der Waals surface area contributed by atoms with Crippen molar-refractivity contribution in [3.05, 3.63) is 92.4 Å². The minimum Gasteiger partial charge on any atom is -0.285 e. The molecule has 2 aliphatic rings. The summed E-state index contributed by atoms with van der Waals surface area (Å²) in [5.74, 6) is -0.385. The fraction of sp³-hybridized carbons (Fsp3) is 0.200. The maximum Gasteiger partial charge on any atom is 0.286 e. The first-order valence-corrected chi connectivity index (χ1v) is 12.2. The maximum absolute atomic E-state index is 13.4. The summed E-state index contributed by atoms with van der Waals surface area (Å²) in [7, 11) is 0. The van der Waals surface area contributed by atoms with Gasteiger partial charge in [-0.3, -0.25) is 20.2 Å². The number of carbonyl (C=O) groups is 1. The van der Waals surface area contributed by atoms with Crippen LogP contribution in [0.25, 0.3) is 0 Å². The number of hydrazine groups is 1. The van der Waals surface area contributed by atoms with Crippen molar-refractivity contribution in [2.45, 2.75) is 19.4 Å². The number of carbonyl (C=O) groups excluding carboxylic acids is 1. The molecule has 2 aliphatic heterocycles. The van der Waals surface area contributed by atoms with Crippen LogP contribution in [0.15, 0.2) is 76.3 Å². The molecule has 33 heavy (non-hydrogen) atoms. The number of hydrogen-bond acceptors (Lipinski definition) is 4. The summed E-state index contributed by atoms with van der Waals surface area (Å²) >= 11 is 16.2. The van der Waals surface area contributed by atoms with Crippen LogP contribution in [0, 0.1) is 5.92 Å². The third-order valence-corrected chi connectivity index (χ3v) is 7.17. The molecular formula is C25H21BrCl2N4O. The second kappa shape index (κ2) is 9.01. The molecule has 0 saturated heterocycles. The summed E-state index contributed by atoms with van der Waals surface area (Å²) in [6.07, 6.45) is 0.895. The lowest BCUT2D eigenvalue weighted by molar-refractivity contribution is -0.115. The molecule has 3 aromatic carbocycles. The molecule has 5 rings (SSSR count). The molecule has 0 fully saturated rings. The maximum atomic E-state index is 13.4. The number of nitrogens with zero attached hydrogens (tertiary/aromatic N) is 3. The van der Waals surface area contributed by atoms with Crippen LogP contribution in [0.1, 0.15) is 24.1 Å². The molecule has 8 heteroatoms. The molecule has 168 valence electrons. The Morgan fingerprint density at radius 3 is 2.58 bits per heavy atom. The van der Waals surface area contributed by atoms with Crippen molar-refractivity contribution in [3.8, 4) is 0 Å². The van der Waals surface area contributed by atoms with Crippen LogP contribution in [0.5, 0.6) is 0 Å². The Labute approximate surface area is 211 Å². The molecule has 0 spiro atoms. The monoisotopic (exact) mass is 542 g/mol. The summed E-state index contributed by atoms with van der Waals surface area (Å²) in [6.45, 7) is 2.75. The second-order valence-electron chi connectivity index (χ2n) is 8.18. The normalized spacial score (nSPS) is 19.5.